The van der Waals surface area contributed by atoms with Crippen LogP contribution in [0.3, 0.4) is 0 Å². The highest BCUT2D eigenvalue weighted by molar-refractivity contribution is 6.32. The number of para-hydroxylation sites is 1. The second-order valence-electron chi connectivity index (χ2n) is 6.48. The highest BCUT2D eigenvalue weighted by atomic mass is 35.5. The molecular weight excluding hydrogens is 364 g/mol. The minimum absolute atomic E-state index is 0.0500. The summed E-state index contributed by atoms with van der Waals surface area (Å²) in [5, 5.41) is 8.52. The summed E-state index contributed by atoms with van der Waals surface area (Å²) >= 11 is 6.27. The van der Waals surface area contributed by atoms with Gasteiger partial charge in [-0.05, 0) is 31.2 Å². The third-order valence-electron chi connectivity index (χ3n) is 4.77. The Hall–Kier alpha value is -2.93. The number of carbonyl (C=O) groups excluding carboxylic acids is 1. The van der Waals surface area contributed by atoms with Crippen LogP contribution in [0.4, 0.5) is 5.69 Å². The molecule has 8 heteroatoms. The van der Waals surface area contributed by atoms with E-state index in [0.29, 0.717) is 22.9 Å². The minimum Gasteiger partial charge on any atom is -0.368 e. The van der Waals surface area contributed by atoms with Crippen LogP contribution in [0.15, 0.2) is 55.0 Å². The van der Waals surface area contributed by atoms with E-state index in [1.54, 1.807) is 18.5 Å². The first-order valence-corrected chi connectivity index (χ1v) is 9.14. The SMILES string of the molecule is CC1CN(c2ccncc2)CCN1C(=O)c1cnnn1-c1ccccc1Cl. The van der Waals surface area contributed by atoms with Crippen molar-refractivity contribution in [3.8, 4) is 5.69 Å². The molecule has 1 aliphatic heterocycles. The average molecular weight is 383 g/mol. The Labute approximate surface area is 162 Å². The predicted molar refractivity (Wildman–Crippen MR) is 103 cm³/mol. The van der Waals surface area contributed by atoms with Crippen molar-refractivity contribution in [2.24, 2.45) is 0 Å². The zero-order valence-corrected chi connectivity index (χ0v) is 15.6. The number of rotatable bonds is 3. The number of carbonyl (C=O) groups is 1. The van der Waals surface area contributed by atoms with E-state index in [2.05, 4.69) is 27.1 Å². The van der Waals surface area contributed by atoms with E-state index in [-0.39, 0.29) is 11.9 Å². The molecule has 1 aliphatic rings. The van der Waals surface area contributed by atoms with Crippen LogP contribution in [-0.4, -0.2) is 56.5 Å². The van der Waals surface area contributed by atoms with Crippen molar-refractivity contribution < 1.29 is 4.79 Å². The van der Waals surface area contributed by atoms with E-state index < -0.39 is 0 Å². The number of amides is 1. The molecular formula is C19H19ClN6O. The van der Waals surface area contributed by atoms with Gasteiger partial charge in [0, 0.05) is 43.8 Å². The normalized spacial score (nSPS) is 17.2. The number of benzene rings is 1. The number of anilines is 1. The first kappa shape index (κ1) is 17.5. The zero-order valence-electron chi connectivity index (χ0n) is 14.9. The molecule has 0 radical (unpaired) electrons. The van der Waals surface area contributed by atoms with Crippen LogP contribution in [-0.2, 0) is 0 Å². The number of hydrogen-bond acceptors (Lipinski definition) is 5. The van der Waals surface area contributed by atoms with Gasteiger partial charge >= 0.3 is 0 Å². The monoisotopic (exact) mass is 382 g/mol. The molecule has 1 aromatic carbocycles. The average Bonchev–Trinajstić information content (AvgIpc) is 3.18. The smallest absolute Gasteiger partial charge is 0.274 e. The molecule has 7 nitrogen and oxygen atoms in total. The van der Waals surface area contributed by atoms with Gasteiger partial charge in [-0.25, -0.2) is 4.68 Å². The molecule has 0 bridgehead atoms. The maximum Gasteiger partial charge on any atom is 0.274 e. The fourth-order valence-electron chi connectivity index (χ4n) is 3.38. The van der Waals surface area contributed by atoms with Gasteiger partial charge in [0.25, 0.3) is 5.91 Å². The molecule has 0 N–H and O–H groups in total. The number of aromatic nitrogens is 4. The third kappa shape index (κ3) is 3.38. The fourth-order valence-corrected chi connectivity index (χ4v) is 3.59. The summed E-state index contributed by atoms with van der Waals surface area (Å²) in [6, 6.07) is 11.3. The van der Waals surface area contributed by atoms with E-state index in [1.807, 2.05) is 35.2 Å². The van der Waals surface area contributed by atoms with Gasteiger partial charge < -0.3 is 9.80 Å². The molecule has 3 aromatic rings. The van der Waals surface area contributed by atoms with Crippen LogP contribution in [0.2, 0.25) is 5.02 Å². The molecule has 1 unspecified atom stereocenters. The van der Waals surface area contributed by atoms with Crippen molar-refractivity contribution in [3.05, 3.63) is 65.7 Å². The van der Waals surface area contributed by atoms with Gasteiger partial charge in [0.1, 0.15) is 0 Å². The lowest BCUT2D eigenvalue weighted by Crippen LogP contribution is -2.54. The van der Waals surface area contributed by atoms with Crippen LogP contribution in [0.25, 0.3) is 5.69 Å². The van der Waals surface area contributed by atoms with Crippen LogP contribution in [0, 0.1) is 0 Å². The van der Waals surface area contributed by atoms with Gasteiger partial charge in [0.05, 0.1) is 16.9 Å². The van der Waals surface area contributed by atoms with E-state index in [1.165, 1.54) is 10.9 Å². The van der Waals surface area contributed by atoms with Gasteiger partial charge in [-0.15, -0.1) is 5.10 Å². The van der Waals surface area contributed by atoms with Crippen molar-refractivity contribution in [1.29, 1.82) is 0 Å². The molecule has 3 heterocycles. The topological polar surface area (TPSA) is 67.2 Å². The number of hydrogen-bond donors (Lipinski definition) is 0. The Kier molecular flexibility index (Phi) is 4.77. The van der Waals surface area contributed by atoms with Gasteiger partial charge in [-0.2, -0.15) is 0 Å². The fraction of sp³-hybridized carbons (Fsp3) is 0.263. The van der Waals surface area contributed by atoms with Crippen LogP contribution in [0.1, 0.15) is 17.4 Å². The largest absolute Gasteiger partial charge is 0.368 e. The van der Waals surface area contributed by atoms with E-state index in [0.717, 1.165) is 18.8 Å². The molecule has 0 aliphatic carbocycles. The lowest BCUT2D eigenvalue weighted by Gasteiger charge is -2.40. The molecule has 1 amide bonds. The highest BCUT2D eigenvalue weighted by Gasteiger charge is 2.30. The molecule has 138 valence electrons. The van der Waals surface area contributed by atoms with Gasteiger partial charge in [-0.1, -0.05) is 28.9 Å². The predicted octanol–water partition coefficient (Wildman–Crippen LogP) is 2.67. The third-order valence-corrected chi connectivity index (χ3v) is 5.08. The van der Waals surface area contributed by atoms with Gasteiger partial charge in [0.2, 0.25) is 0 Å². The zero-order chi connectivity index (χ0) is 18.8. The molecule has 2 aromatic heterocycles. The van der Waals surface area contributed by atoms with E-state index in [4.69, 9.17) is 11.6 Å². The van der Waals surface area contributed by atoms with Crippen molar-refractivity contribution >= 4 is 23.2 Å². The Balaban J connectivity index is 1.55. The Bertz CT molecular complexity index is 944. The molecule has 1 atom stereocenters. The summed E-state index contributed by atoms with van der Waals surface area (Å²) in [6.45, 7) is 4.18. The number of nitrogens with zero attached hydrogens (tertiary/aromatic N) is 6. The van der Waals surface area contributed by atoms with E-state index in [9.17, 15) is 4.79 Å². The highest BCUT2D eigenvalue weighted by Crippen LogP contribution is 2.23. The summed E-state index contributed by atoms with van der Waals surface area (Å²) in [7, 11) is 0. The summed E-state index contributed by atoms with van der Waals surface area (Å²) in [5.74, 6) is -0.0956. The lowest BCUT2D eigenvalue weighted by atomic mass is 10.1. The number of pyridine rings is 1. The van der Waals surface area contributed by atoms with Gasteiger partial charge in [-0.3, -0.25) is 9.78 Å². The Morgan fingerprint density at radius 1 is 1.15 bits per heavy atom. The summed E-state index contributed by atoms with van der Waals surface area (Å²) in [4.78, 5) is 21.4. The molecule has 1 saturated heterocycles. The van der Waals surface area contributed by atoms with Crippen molar-refractivity contribution in [2.75, 3.05) is 24.5 Å². The maximum atomic E-state index is 13.2. The molecule has 0 spiro atoms. The lowest BCUT2D eigenvalue weighted by molar-refractivity contribution is 0.0664. The van der Waals surface area contributed by atoms with Crippen LogP contribution < -0.4 is 4.90 Å². The summed E-state index contributed by atoms with van der Waals surface area (Å²) in [5.41, 5.74) is 2.17. The van der Waals surface area contributed by atoms with Crippen LogP contribution >= 0.6 is 11.6 Å². The first-order chi connectivity index (χ1) is 13.1. The van der Waals surface area contributed by atoms with Crippen molar-refractivity contribution in [1.82, 2.24) is 24.9 Å². The van der Waals surface area contributed by atoms with Crippen molar-refractivity contribution in [2.45, 2.75) is 13.0 Å². The van der Waals surface area contributed by atoms with Crippen LogP contribution in [0.5, 0.6) is 0 Å². The second-order valence-corrected chi connectivity index (χ2v) is 6.89. The number of piperazine rings is 1. The van der Waals surface area contributed by atoms with E-state index >= 15 is 0 Å². The molecule has 27 heavy (non-hydrogen) atoms. The second kappa shape index (κ2) is 7.36. The first-order valence-electron chi connectivity index (χ1n) is 8.76. The minimum atomic E-state index is -0.0956. The Morgan fingerprint density at radius 3 is 2.67 bits per heavy atom. The maximum absolute atomic E-state index is 13.2. The summed E-state index contributed by atoms with van der Waals surface area (Å²) in [6.07, 6.45) is 5.06. The standard InChI is InChI=1S/C19H19ClN6O/c1-14-13-24(15-6-8-21-9-7-15)10-11-25(14)19(27)18-12-22-23-26(18)17-5-3-2-4-16(17)20/h2-9,12,14H,10-11,13H2,1H3. The molecule has 0 saturated carbocycles. The Morgan fingerprint density at radius 2 is 1.93 bits per heavy atom. The summed E-state index contributed by atoms with van der Waals surface area (Å²) < 4.78 is 1.51. The number of halogens is 1. The molecule has 1 fully saturated rings. The van der Waals surface area contributed by atoms with Gasteiger partial charge in [0.15, 0.2) is 5.69 Å². The van der Waals surface area contributed by atoms with Crippen molar-refractivity contribution in [3.63, 3.8) is 0 Å². The quantitative estimate of drug-likeness (QED) is 0.696. The molecule has 4 rings (SSSR count).